The normalized spacial score (nSPS) is 10.8. The van der Waals surface area contributed by atoms with E-state index < -0.39 is 35.7 Å². The van der Waals surface area contributed by atoms with Crippen LogP contribution in [0.3, 0.4) is 0 Å². The largest absolute Gasteiger partial charge is 0.452 e. The van der Waals surface area contributed by atoms with Crippen molar-refractivity contribution in [2.75, 3.05) is 11.9 Å². The summed E-state index contributed by atoms with van der Waals surface area (Å²) in [5, 5.41) is 4.50. The van der Waals surface area contributed by atoms with Crippen LogP contribution in [0.2, 0.25) is 0 Å². The number of nitrogens with zero attached hydrogens (tertiary/aromatic N) is 1. The number of amides is 1. The van der Waals surface area contributed by atoms with Gasteiger partial charge in [0, 0.05) is 27.9 Å². The Morgan fingerprint density at radius 2 is 1.94 bits per heavy atom. The maximum atomic E-state index is 13.9. The molecule has 2 aromatic carbocycles. The van der Waals surface area contributed by atoms with Crippen LogP contribution in [0.15, 0.2) is 58.7 Å². The highest BCUT2D eigenvalue weighted by Gasteiger charge is 2.16. The number of benzene rings is 2. The van der Waals surface area contributed by atoms with Crippen molar-refractivity contribution in [3.63, 3.8) is 0 Å². The molecule has 4 aromatic rings. The van der Waals surface area contributed by atoms with Gasteiger partial charge in [-0.15, -0.1) is 11.3 Å². The first-order valence-electron chi connectivity index (χ1n) is 8.91. The zero-order valence-corrected chi connectivity index (χ0v) is 16.5. The maximum absolute atomic E-state index is 13.9. The number of esters is 1. The Balaban J connectivity index is 1.43. The van der Waals surface area contributed by atoms with Crippen molar-refractivity contribution in [3.05, 3.63) is 81.5 Å². The van der Waals surface area contributed by atoms with Gasteiger partial charge in [0.15, 0.2) is 11.7 Å². The van der Waals surface area contributed by atoms with E-state index in [0.29, 0.717) is 10.9 Å². The first-order chi connectivity index (χ1) is 14.9. The number of carbonyl (C=O) groups excluding carboxylic acids is 2. The molecule has 10 heteroatoms. The molecule has 2 aromatic heterocycles. The van der Waals surface area contributed by atoms with Crippen molar-refractivity contribution in [1.29, 1.82) is 0 Å². The number of rotatable bonds is 5. The van der Waals surface area contributed by atoms with Crippen molar-refractivity contribution in [2.45, 2.75) is 0 Å². The highest BCUT2D eigenvalue weighted by atomic mass is 32.1. The molecule has 1 amide bonds. The third-order valence-corrected chi connectivity index (χ3v) is 5.02. The molecule has 0 fully saturated rings. The number of aromatic amines is 1. The van der Waals surface area contributed by atoms with Gasteiger partial charge >= 0.3 is 5.97 Å². The molecule has 0 aliphatic rings. The second kappa shape index (κ2) is 8.44. The van der Waals surface area contributed by atoms with Crippen LogP contribution < -0.4 is 10.9 Å². The number of ether oxygens (including phenoxy) is 1. The van der Waals surface area contributed by atoms with Gasteiger partial charge in [0.05, 0.1) is 11.3 Å². The smallest absolute Gasteiger partial charge is 0.339 e. The molecule has 0 aliphatic carbocycles. The average Bonchev–Trinajstić information content (AvgIpc) is 3.21. The van der Waals surface area contributed by atoms with Crippen LogP contribution in [0.25, 0.3) is 22.2 Å². The summed E-state index contributed by atoms with van der Waals surface area (Å²) in [4.78, 5) is 42.9. The molecule has 0 saturated heterocycles. The lowest BCUT2D eigenvalue weighted by atomic mass is 10.1. The van der Waals surface area contributed by atoms with Crippen LogP contribution in [0.4, 0.5) is 13.9 Å². The summed E-state index contributed by atoms with van der Waals surface area (Å²) in [5.41, 5.74) is 0.139. The van der Waals surface area contributed by atoms with Gasteiger partial charge in [-0.2, -0.15) is 0 Å². The third-order valence-electron chi connectivity index (χ3n) is 4.26. The predicted molar refractivity (Wildman–Crippen MR) is 111 cm³/mol. The number of pyridine rings is 1. The van der Waals surface area contributed by atoms with Crippen molar-refractivity contribution in [3.8, 4) is 11.3 Å². The predicted octanol–water partition coefficient (Wildman–Crippen LogP) is 3.73. The minimum Gasteiger partial charge on any atom is -0.452 e. The number of hydrogen-bond donors (Lipinski definition) is 2. The highest BCUT2D eigenvalue weighted by Crippen LogP contribution is 2.27. The topological polar surface area (TPSA) is 101 Å². The Morgan fingerprint density at radius 1 is 1.13 bits per heavy atom. The van der Waals surface area contributed by atoms with E-state index in [0.717, 1.165) is 35.6 Å². The third kappa shape index (κ3) is 4.48. The van der Waals surface area contributed by atoms with Crippen LogP contribution >= 0.6 is 11.3 Å². The summed E-state index contributed by atoms with van der Waals surface area (Å²) in [6.45, 7) is -0.622. The number of anilines is 1. The Kier molecular flexibility index (Phi) is 5.54. The summed E-state index contributed by atoms with van der Waals surface area (Å²) < 4.78 is 32.2. The monoisotopic (exact) mass is 441 g/mol. The van der Waals surface area contributed by atoms with Crippen molar-refractivity contribution < 1.29 is 23.1 Å². The Hall–Kier alpha value is -3.92. The Labute approximate surface area is 177 Å². The SMILES string of the molecule is O=C(COC(=O)c1cc(=O)[nH]c2ccccc12)Nc1nc(-c2cc(F)ccc2F)cs1. The number of hydrogen-bond acceptors (Lipinski definition) is 6. The van der Waals surface area contributed by atoms with E-state index in [-0.39, 0.29) is 22.0 Å². The summed E-state index contributed by atoms with van der Waals surface area (Å²) in [5.74, 6) is -2.78. The minimum absolute atomic E-state index is 0.0327. The molecule has 0 spiro atoms. The second-order valence-electron chi connectivity index (χ2n) is 6.38. The van der Waals surface area contributed by atoms with E-state index in [1.807, 2.05) is 0 Å². The maximum Gasteiger partial charge on any atom is 0.339 e. The fourth-order valence-corrected chi connectivity index (χ4v) is 3.61. The number of halogens is 2. The summed E-state index contributed by atoms with van der Waals surface area (Å²) >= 11 is 1.00. The van der Waals surface area contributed by atoms with E-state index in [4.69, 9.17) is 4.74 Å². The second-order valence-corrected chi connectivity index (χ2v) is 7.24. The lowest BCUT2D eigenvalue weighted by Gasteiger charge is -2.07. The lowest BCUT2D eigenvalue weighted by Crippen LogP contribution is -2.21. The molecule has 0 saturated carbocycles. The molecular formula is C21H13F2N3O4S. The minimum atomic E-state index is -0.834. The van der Waals surface area contributed by atoms with Crippen molar-refractivity contribution in [2.24, 2.45) is 0 Å². The molecule has 0 unspecified atom stereocenters. The first-order valence-corrected chi connectivity index (χ1v) is 9.78. The molecule has 2 heterocycles. The zero-order valence-electron chi connectivity index (χ0n) is 15.6. The van der Waals surface area contributed by atoms with Crippen LogP contribution in [-0.4, -0.2) is 28.5 Å². The molecule has 0 aliphatic heterocycles. The Morgan fingerprint density at radius 3 is 2.77 bits per heavy atom. The number of H-pyrrole nitrogens is 1. The molecule has 31 heavy (non-hydrogen) atoms. The number of nitrogens with one attached hydrogen (secondary N) is 2. The van der Waals surface area contributed by atoms with Crippen LogP contribution in [-0.2, 0) is 9.53 Å². The summed E-state index contributed by atoms with van der Waals surface area (Å²) in [6.07, 6.45) is 0. The number of para-hydroxylation sites is 1. The van der Waals surface area contributed by atoms with E-state index >= 15 is 0 Å². The average molecular weight is 441 g/mol. The molecular weight excluding hydrogens is 428 g/mol. The molecule has 7 nitrogen and oxygen atoms in total. The van der Waals surface area contributed by atoms with E-state index in [1.54, 1.807) is 24.3 Å². The number of aromatic nitrogens is 2. The molecule has 156 valence electrons. The van der Waals surface area contributed by atoms with Crippen molar-refractivity contribution >= 4 is 39.2 Å². The standard InChI is InChI=1S/C21H13F2N3O4S/c22-11-5-6-15(23)14(7-11)17-10-31-21(25-17)26-19(28)9-30-20(29)13-8-18(27)24-16-4-2-1-3-12(13)16/h1-8,10H,9H2,(H,24,27)(H,25,26,28). The fourth-order valence-electron chi connectivity index (χ4n) is 2.89. The van der Waals surface area contributed by atoms with Gasteiger partial charge < -0.3 is 9.72 Å². The first kappa shape index (κ1) is 20.4. The van der Waals surface area contributed by atoms with Gasteiger partial charge in [-0.1, -0.05) is 18.2 Å². The quantitative estimate of drug-likeness (QED) is 0.460. The fraction of sp³-hybridized carbons (Fsp3) is 0.0476. The molecule has 2 N–H and O–H groups in total. The van der Waals surface area contributed by atoms with Gasteiger partial charge in [-0.05, 0) is 24.3 Å². The van der Waals surface area contributed by atoms with E-state index in [9.17, 15) is 23.2 Å². The summed E-state index contributed by atoms with van der Waals surface area (Å²) in [7, 11) is 0. The number of fused-ring (bicyclic) bond motifs is 1. The zero-order chi connectivity index (χ0) is 22.0. The highest BCUT2D eigenvalue weighted by molar-refractivity contribution is 7.14. The van der Waals surface area contributed by atoms with Gasteiger partial charge in [0.25, 0.3) is 5.91 Å². The molecule has 0 atom stereocenters. The lowest BCUT2D eigenvalue weighted by molar-refractivity contribution is -0.119. The molecule has 0 bridgehead atoms. The van der Waals surface area contributed by atoms with Gasteiger partial charge in [-0.3, -0.25) is 14.9 Å². The van der Waals surface area contributed by atoms with Gasteiger partial charge in [0.1, 0.15) is 11.6 Å². The van der Waals surface area contributed by atoms with Crippen LogP contribution in [0.5, 0.6) is 0 Å². The van der Waals surface area contributed by atoms with Crippen LogP contribution in [0, 0.1) is 11.6 Å². The van der Waals surface area contributed by atoms with Gasteiger partial charge in [-0.25, -0.2) is 18.6 Å². The van der Waals surface area contributed by atoms with E-state index in [1.165, 1.54) is 5.38 Å². The van der Waals surface area contributed by atoms with Crippen molar-refractivity contribution in [1.82, 2.24) is 9.97 Å². The Bertz CT molecular complexity index is 1370. The summed E-state index contributed by atoms with van der Waals surface area (Å²) in [6, 6.07) is 10.8. The number of thiazole rings is 1. The van der Waals surface area contributed by atoms with Gasteiger partial charge in [0.2, 0.25) is 5.56 Å². The number of carbonyl (C=O) groups is 2. The van der Waals surface area contributed by atoms with E-state index in [2.05, 4.69) is 15.3 Å². The molecule has 4 rings (SSSR count). The van der Waals surface area contributed by atoms with Crippen LogP contribution in [0.1, 0.15) is 10.4 Å². The molecule has 0 radical (unpaired) electrons.